The second kappa shape index (κ2) is 4.63. The number of rotatable bonds is 4. The van der Waals surface area contributed by atoms with E-state index >= 15 is 0 Å². The SMILES string of the molecule is CCCC1(C(=O)O)CCCN1C(C)C#N. The normalized spacial score (nSPS) is 28.6. The van der Waals surface area contributed by atoms with E-state index in [-0.39, 0.29) is 6.04 Å². The van der Waals surface area contributed by atoms with Gasteiger partial charge in [0.05, 0.1) is 12.1 Å². The van der Waals surface area contributed by atoms with E-state index in [9.17, 15) is 9.90 Å². The lowest BCUT2D eigenvalue weighted by molar-refractivity contribution is -0.151. The van der Waals surface area contributed by atoms with Crippen LogP contribution in [0, 0.1) is 11.3 Å². The first-order valence-electron chi connectivity index (χ1n) is 5.48. The summed E-state index contributed by atoms with van der Waals surface area (Å²) in [5.41, 5.74) is -0.788. The van der Waals surface area contributed by atoms with Gasteiger partial charge < -0.3 is 5.11 Å². The molecule has 4 nitrogen and oxygen atoms in total. The van der Waals surface area contributed by atoms with Gasteiger partial charge in [0.25, 0.3) is 0 Å². The highest BCUT2D eigenvalue weighted by Gasteiger charge is 2.48. The van der Waals surface area contributed by atoms with Crippen LogP contribution < -0.4 is 0 Å². The second-order valence-corrected chi connectivity index (χ2v) is 4.19. The van der Waals surface area contributed by atoms with Gasteiger partial charge in [-0.25, -0.2) is 0 Å². The van der Waals surface area contributed by atoms with Crippen LogP contribution in [0.1, 0.15) is 39.5 Å². The highest BCUT2D eigenvalue weighted by molar-refractivity contribution is 5.79. The van der Waals surface area contributed by atoms with Gasteiger partial charge in [-0.1, -0.05) is 13.3 Å². The summed E-state index contributed by atoms with van der Waals surface area (Å²) >= 11 is 0. The summed E-state index contributed by atoms with van der Waals surface area (Å²) in [4.78, 5) is 13.2. The summed E-state index contributed by atoms with van der Waals surface area (Å²) in [7, 11) is 0. The molecule has 1 N–H and O–H groups in total. The van der Waals surface area contributed by atoms with Crippen LogP contribution in [-0.4, -0.2) is 34.1 Å². The monoisotopic (exact) mass is 210 g/mol. The van der Waals surface area contributed by atoms with E-state index in [0.717, 1.165) is 19.4 Å². The molecule has 1 saturated heterocycles. The van der Waals surface area contributed by atoms with Gasteiger partial charge in [-0.3, -0.25) is 9.69 Å². The van der Waals surface area contributed by atoms with Crippen LogP contribution in [0.3, 0.4) is 0 Å². The van der Waals surface area contributed by atoms with Crippen molar-refractivity contribution in [2.45, 2.75) is 51.1 Å². The Bertz CT molecular complexity index is 285. The number of carboxylic acid groups (broad SMARTS) is 1. The highest BCUT2D eigenvalue weighted by Crippen LogP contribution is 2.35. The van der Waals surface area contributed by atoms with E-state index in [0.29, 0.717) is 12.8 Å². The van der Waals surface area contributed by atoms with Crippen molar-refractivity contribution in [3.05, 3.63) is 0 Å². The molecule has 1 heterocycles. The van der Waals surface area contributed by atoms with Gasteiger partial charge >= 0.3 is 5.97 Å². The van der Waals surface area contributed by atoms with Gasteiger partial charge in [0.15, 0.2) is 0 Å². The second-order valence-electron chi connectivity index (χ2n) is 4.19. The molecule has 0 spiro atoms. The van der Waals surface area contributed by atoms with Crippen molar-refractivity contribution in [2.75, 3.05) is 6.54 Å². The Hall–Kier alpha value is -1.08. The Labute approximate surface area is 90.5 Å². The molecule has 1 fully saturated rings. The van der Waals surface area contributed by atoms with Crippen molar-refractivity contribution in [1.82, 2.24) is 4.90 Å². The Morgan fingerprint density at radius 3 is 2.87 bits per heavy atom. The summed E-state index contributed by atoms with van der Waals surface area (Å²) in [6.07, 6.45) is 3.01. The lowest BCUT2D eigenvalue weighted by atomic mass is 9.90. The van der Waals surface area contributed by atoms with E-state index < -0.39 is 11.5 Å². The molecule has 84 valence electrons. The van der Waals surface area contributed by atoms with Crippen molar-refractivity contribution in [1.29, 1.82) is 5.26 Å². The fourth-order valence-corrected chi connectivity index (χ4v) is 2.55. The summed E-state index contributed by atoms with van der Waals surface area (Å²) in [5.74, 6) is -0.774. The molecule has 15 heavy (non-hydrogen) atoms. The number of nitriles is 1. The molecular weight excluding hydrogens is 192 g/mol. The molecule has 0 aromatic carbocycles. The predicted octanol–water partition coefficient (Wildman–Crippen LogP) is 1.62. The van der Waals surface area contributed by atoms with Crippen LogP contribution in [0.4, 0.5) is 0 Å². The quantitative estimate of drug-likeness (QED) is 0.765. The van der Waals surface area contributed by atoms with E-state index in [2.05, 4.69) is 6.07 Å². The lowest BCUT2D eigenvalue weighted by Crippen LogP contribution is -2.53. The van der Waals surface area contributed by atoms with Crippen molar-refractivity contribution in [3.63, 3.8) is 0 Å². The predicted molar refractivity (Wildman–Crippen MR) is 56.3 cm³/mol. The highest BCUT2D eigenvalue weighted by atomic mass is 16.4. The molecule has 2 atom stereocenters. The summed E-state index contributed by atoms with van der Waals surface area (Å²) in [6, 6.07) is 1.83. The molecule has 1 aliphatic heterocycles. The lowest BCUT2D eigenvalue weighted by Gasteiger charge is -2.36. The molecule has 2 unspecified atom stereocenters. The summed E-state index contributed by atoms with van der Waals surface area (Å²) in [5, 5.41) is 18.3. The van der Waals surface area contributed by atoms with Gasteiger partial charge in [-0.15, -0.1) is 0 Å². The molecule has 0 saturated carbocycles. The van der Waals surface area contributed by atoms with Crippen molar-refractivity contribution in [3.8, 4) is 6.07 Å². The van der Waals surface area contributed by atoms with Crippen LogP contribution in [-0.2, 0) is 4.79 Å². The number of hydrogen-bond acceptors (Lipinski definition) is 3. The molecule has 1 rings (SSSR count). The molecular formula is C11H18N2O2. The Morgan fingerprint density at radius 1 is 1.73 bits per heavy atom. The number of carbonyl (C=O) groups is 1. The van der Waals surface area contributed by atoms with E-state index in [1.54, 1.807) is 6.92 Å². The standard InChI is InChI=1S/C11H18N2O2/c1-3-5-11(10(14)15)6-4-7-13(11)9(2)8-12/h9H,3-7H2,1-2H3,(H,14,15). The number of carboxylic acids is 1. The third kappa shape index (κ3) is 1.98. The molecule has 4 heteroatoms. The molecule has 0 aliphatic carbocycles. The Morgan fingerprint density at radius 2 is 2.40 bits per heavy atom. The van der Waals surface area contributed by atoms with E-state index in [1.807, 2.05) is 11.8 Å². The third-order valence-electron chi connectivity index (χ3n) is 3.26. The number of aliphatic carboxylic acids is 1. The number of hydrogen-bond donors (Lipinski definition) is 1. The van der Waals surface area contributed by atoms with Crippen LogP contribution >= 0.6 is 0 Å². The molecule has 0 aromatic rings. The maximum atomic E-state index is 11.4. The molecule has 0 amide bonds. The number of nitrogens with zero attached hydrogens (tertiary/aromatic N) is 2. The minimum atomic E-state index is -0.788. The minimum Gasteiger partial charge on any atom is -0.480 e. The minimum absolute atomic E-state index is 0.310. The zero-order chi connectivity index (χ0) is 11.5. The van der Waals surface area contributed by atoms with Crippen LogP contribution in [0.2, 0.25) is 0 Å². The maximum absolute atomic E-state index is 11.4. The van der Waals surface area contributed by atoms with Crippen molar-refractivity contribution < 1.29 is 9.90 Å². The van der Waals surface area contributed by atoms with Crippen LogP contribution in [0.15, 0.2) is 0 Å². The topological polar surface area (TPSA) is 64.3 Å². The zero-order valence-electron chi connectivity index (χ0n) is 9.36. The Kier molecular flexibility index (Phi) is 3.70. The first kappa shape index (κ1) is 12.0. The smallest absolute Gasteiger partial charge is 0.324 e. The van der Waals surface area contributed by atoms with Gasteiger partial charge in [-0.2, -0.15) is 5.26 Å². The fraction of sp³-hybridized carbons (Fsp3) is 0.818. The van der Waals surface area contributed by atoms with Crippen LogP contribution in [0.5, 0.6) is 0 Å². The number of likely N-dealkylation sites (tertiary alicyclic amines) is 1. The van der Waals surface area contributed by atoms with Gasteiger partial charge in [0.2, 0.25) is 0 Å². The van der Waals surface area contributed by atoms with E-state index in [1.165, 1.54) is 0 Å². The first-order valence-corrected chi connectivity index (χ1v) is 5.48. The maximum Gasteiger partial charge on any atom is 0.324 e. The van der Waals surface area contributed by atoms with Crippen molar-refractivity contribution >= 4 is 5.97 Å². The molecule has 0 radical (unpaired) electrons. The van der Waals surface area contributed by atoms with E-state index in [4.69, 9.17) is 5.26 Å². The third-order valence-corrected chi connectivity index (χ3v) is 3.26. The average Bonchev–Trinajstić information content (AvgIpc) is 2.62. The summed E-state index contributed by atoms with van der Waals surface area (Å²) in [6.45, 7) is 4.48. The molecule has 0 aromatic heterocycles. The summed E-state index contributed by atoms with van der Waals surface area (Å²) < 4.78 is 0. The van der Waals surface area contributed by atoms with Gasteiger partial charge in [0, 0.05) is 6.54 Å². The zero-order valence-corrected chi connectivity index (χ0v) is 9.36. The fourth-order valence-electron chi connectivity index (χ4n) is 2.55. The van der Waals surface area contributed by atoms with Crippen LogP contribution in [0.25, 0.3) is 0 Å². The first-order chi connectivity index (χ1) is 7.08. The van der Waals surface area contributed by atoms with Gasteiger partial charge in [-0.05, 0) is 26.2 Å². The molecule has 0 bridgehead atoms. The van der Waals surface area contributed by atoms with Crippen molar-refractivity contribution in [2.24, 2.45) is 0 Å². The Balaban J connectivity index is 2.95. The largest absolute Gasteiger partial charge is 0.480 e. The van der Waals surface area contributed by atoms with Gasteiger partial charge in [0.1, 0.15) is 5.54 Å². The molecule has 1 aliphatic rings. The average molecular weight is 210 g/mol.